The van der Waals surface area contributed by atoms with Gasteiger partial charge in [-0.15, -0.1) is 0 Å². The van der Waals surface area contributed by atoms with Gasteiger partial charge in [-0.1, -0.05) is 23.2 Å². The molecule has 1 aliphatic carbocycles. The Balaban J connectivity index is 1.98. The number of aliphatic carboxylic acids is 1. The van der Waals surface area contributed by atoms with E-state index in [9.17, 15) is 18.3 Å². The summed E-state index contributed by atoms with van der Waals surface area (Å²) < 4.78 is 27.1. The minimum atomic E-state index is -4.04. The summed E-state index contributed by atoms with van der Waals surface area (Å²) in [5, 5.41) is 13.3. The molecule has 0 radical (unpaired) electrons. The minimum Gasteiger partial charge on any atom is -0.480 e. The van der Waals surface area contributed by atoms with E-state index < -0.39 is 21.5 Å². The molecule has 2 aliphatic rings. The summed E-state index contributed by atoms with van der Waals surface area (Å²) in [5.74, 6) is -1.17. The molecule has 0 bridgehead atoms. The number of rotatable bonds is 5. The fourth-order valence-corrected chi connectivity index (χ4v) is 5.63. The number of nitrogens with zero attached hydrogens (tertiary/aromatic N) is 1. The van der Waals surface area contributed by atoms with Gasteiger partial charge in [-0.3, -0.25) is 4.79 Å². The van der Waals surface area contributed by atoms with Gasteiger partial charge in [0, 0.05) is 28.7 Å². The van der Waals surface area contributed by atoms with Gasteiger partial charge in [-0.25, -0.2) is 8.42 Å². The molecule has 2 atom stereocenters. The third-order valence-electron chi connectivity index (χ3n) is 4.51. The van der Waals surface area contributed by atoms with Crippen molar-refractivity contribution in [2.75, 3.05) is 6.54 Å². The molecule has 24 heavy (non-hydrogen) atoms. The molecule has 3 rings (SSSR count). The number of hydrogen-bond donors (Lipinski definition) is 2. The van der Waals surface area contributed by atoms with Crippen LogP contribution in [0.3, 0.4) is 0 Å². The maximum atomic E-state index is 13.0. The van der Waals surface area contributed by atoms with Crippen LogP contribution in [0.4, 0.5) is 0 Å². The van der Waals surface area contributed by atoms with Crippen LogP contribution in [0.2, 0.25) is 10.0 Å². The average Bonchev–Trinajstić information content (AvgIpc) is 3.19. The van der Waals surface area contributed by atoms with E-state index in [0.717, 1.165) is 17.1 Å². The Kier molecular flexibility index (Phi) is 4.59. The van der Waals surface area contributed by atoms with Crippen molar-refractivity contribution in [3.8, 4) is 0 Å². The molecule has 9 heteroatoms. The topological polar surface area (TPSA) is 86.7 Å². The van der Waals surface area contributed by atoms with Crippen LogP contribution in [0.1, 0.15) is 26.2 Å². The number of carboxylic acids is 1. The molecular formula is C15H18Cl2N2O4S. The van der Waals surface area contributed by atoms with E-state index in [1.54, 1.807) is 0 Å². The Morgan fingerprint density at radius 1 is 1.25 bits per heavy atom. The van der Waals surface area contributed by atoms with Gasteiger partial charge in [0.1, 0.15) is 5.54 Å². The molecule has 1 unspecified atom stereocenters. The van der Waals surface area contributed by atoms with Crippen LogP contribution in [-0.4, -0.2) is 48.0 Å². The lowest BCUT2D eigenvalue weighted by Gasteiger charge is -2.30. The maximum Gasteiger partial charge on any atom is 0.324 e. The Morgan fingerprint density at radius 2 is 1.83 bits per heavy atom. The predicted octanol–water partition coefficient (Wildman–Crippen LogP) is 2.35. The quantitative estimate of drug-likeness (QED) is 0.802. The van der Waals surface area contributed by atoms with Gasteiger partial charge >= 0.3 is 5.97 Å². The molecule has 132 valence electrons. The second-order valence-corrected chi connectivity index (χ2v) is 9.30. The number of carbonyl (C=O) groups is 1. The summed E-state index contributed by atoms with van der Waals surface area (Å²) >= 11 is 11.8. The number of sulfonamides is 1. The minimum absolute atomic E-state index is 0.0976. The molecular weight excluding hydrogens is 375 g/mol. The van der Waals surface area contributed by atoms with Crippen LogP contribution in [0.5, 0.6) is 0 Å². The third kappa shape index (κ3) is 3.28. The summed E-state index contributed by atoms with van der Waals surface area (Å²) in [7, 11) is -4.04. The third-order valence-corrected chi connectivity index (χ3v) is 6.91. The molecule has 2 N–H and O–H groups in total. The van der Waals surface area contributed by atoms with Gasteiger partial charge in [0.2, 0.25) is 10.0 Å². The summed E-state index contributed by atoms with van der Waals surface area (Å²) in [6, 6.07) is 4.17. The second-order valence-electron chi connectivity index (χ2n) is 6.56. The first-order valence-electron chi connectivity index (χ1n) is 7.61. The van der Waals surface area contributed by atoms with Gasteiger partial charge in [0.25, 0.3) is 0 Å². The highest BCUT2D eigenvalue weighted by molar-refractivity contribution is 7.89. The first-order valence-corrected chi connectivity index (χ1v) is 9.81. The molecule has 1 saturated heterocycles. The summed E-state index contributed by atoms with van der Waals surface area (Å²) in [6.07, 6.45) is 2.29. The van der Waals surface area contributed by atoms with Crippen LogP contribution in [0.25, 0.3) is 0 Å². The molecule has 1 heterocycles. The van der Waals surface area contributed by atoms with E-state index in [2.05, 4.69) is 5.32 Å². The molecule has 0 aromatic heterocycles. The molecule has 6 nitrogen and oxygen atoms in total. The average molecular weight is 393 g/mol. The summed E-state index contributed by atoms with van der Waals surface area (Å²) in [4.78, 5) is 11.7. The fourth-order valence-electron chi connectivity index (χ4n) is 3.10. The molecule has 0 amide bonds. The highest BCUT2D eigenvalue weighted by atomic mass is 35.5. The standard InChI is InChI=1S/C15H18Cl2N2O4S/c1-15(14(20)21)7-12(18-11-2-3-11)8-19(15)24(22,23)13-5-9(16)4-10(17)6-13/h4-6,11-12,18H,2-3,7-8H2,1H3,(H,20,21)/t12-,15?/m1/s1. The van der Waals surface area contributed by atoms with Crippen molar-refractivity contribution in [1.29, 1.82) is 0 Å². The normalized spacial score (nSPS) is 28.2. The van der Waals surface area contributed by atoms with Crippen molar-refractivity contribution in [3.63, 3.8) is 0 Å². The lowest BCUT2D eigenvalue weighted by molar-refractivity contribution is -0.146. The first-order chi connectivity index (χ1) is 11.1. The Labute approximate surface area is 150 Å². The molecule has 2 fully saturated rings. The number of carboxylic acid groups (broad SMARTS) is 1. The first kappa shape index (κ1) is 17.9. The smallest absolute Gasteiger partial charge is 0.324 e. The maximum absolute atomic E-state index is 13.0. The largest absolute Gasteiger partial charge is 0.480 e. The number of benzene rings is 1. The van der Waals surface area contributed by atoms with E-state index in [1.165, 1.54) is 25.1 Å². The zero-order valence-electron chi connectivity index (χ0n) is 13.0. The highest BCUT2D eigenvalue weighted by Crippen LogP contribution is 2.37. The monoisotopic (exact) mass is 392 g/mol. The van der Waals surface area contributed by atoms with Gasteiger partial charge in [0.15, 0.2) is 0 Å². The van der Waals surface area contributed by atoms with Crippen LogP contribution in [0.15, 0.2) is 23.1 Å². The second kappa shape index (κ2) is 6.14. The SMILES string of the molecule is CC1(C(=O)O)C[C@@H](NC2CC2)CN1S(=O)(=O)c1cc(Cl)cc(Cl)c1. The van der Waals surface area contributed by atoms with Crippen molar-refractivity contribution in [2.24, 2.45) is 0 Å². The van der Waals surface area contributed by atoms with E-state index >= 15 is 0 Å². The van der Waals surface area contributed by atoms with Gasteiger partial charge in [-0.2, -0.15) is 4.31 Å². The molecule has 1 aromatic rings. The van der Waals surface area contributed by atoms with Crippen LogP contribution in [0, 0.1) is 0 Å². The Morgan fingerprint density at radius 3 is 2.33 bits per heavy atom. The van der Waals surface area contributed by atoms with Crippen molar-refractivity contribution < 1.29 is 18.3 Å². The fraction of sp³-hybridized carbons (Fsp3) is 0.533. The van der Waals surface area contributed by atoms with E-state index in [4.69, 9.17) is 23.2 Å². The van der Waals surface area contributed by atoms with E-state index in [0.29, 0.717) is 6.04 Å². The number of halogens is 2. The van der Waals surface area contributed by atoms with Crippen molar-refractivity contribution >= 4 is 39.2 Å². The van der Waals surface area contributed by atoms with Gasteiger partial charge in [0.05, 0.1) is 4.90 Å². The summed E-state index contributed by atoms with van der Waals surface area (Å²) in [5.41, 5.74) is -1.51. The number of hydrogen-bond acceptors (Lipinski definition) is 4. The Hall–Kier alpha value is -0.860. The zero-order chi connectivity index (χ0) is 17.7. The highest BCUT2D eigenvalue weighted by Gasteiger charge is 2.54. The van der Waals surface area contributed by atoms with Crippen LogP contribution in [-0.2, 0) is 14.8 Å². The van der Waals surface area contributed by atoms with E-state index in [1.807, 2.05) is 0 Å². The Bertz CT molecular complexity index is 761. The van der Waals surface area contributed by atoms with E-state index in [-0.39, 0.29) is 33.9 Å². The van der Waals surface area contributed by atoms with Crippen LogP contribution < -0.4 is 5.32 Å². The molecule has 0 spiro atoms. The molecule has 1 aliphatic heterocycles. The zero-order valence-corrected chi connectivity index (χ0v) is 15.3. The number of nitrogens with one attached hydrogen (secondary N) is 1. The van der Waals surface area contributed by atoms with Crippen molar-refractivity contribution in [3.05, 3.63) is 28.2 Å². The molecule has 1 aromatic carbocycles. The van der Waals surface area contributed by atoms with Crippen molar-refractivity contribution in [1.82, 2.24) is 9.62 Å². The lowest BCUT2D eigenvalue weighted by atomic mass is 9.99. The molecule has 1 saturated carbocycles. The van der Waals surface area contributed by atoms with Gasteiger partial charge in [-0.05, 0) is 44.4 Å². The van der Waals surface area contributed by atoms with Crippen LogP contribution >= 0.6 is 23.2 Å². The van der Waals surface area contributed by atoms with Gasteiger partial charge < -0.3 is 10.4 Å². The van der Waals surface area contributed by atoms with Crippen molar-refractivity contribution in [2.45, 2.75) is 48.7 Å². The summed E-state index contributed by atoms with van der Waals surface area (Å²) in [6.45, 7) is 1.54. The lowest BCUT2D eigenvalue weighted by Crippen LogP contribution is -2.50. The predicted molar refractivity (Wildman–Crippen MR) is 91.0 cm³/mol.